The fourth-order valence-corrected chi connectivity index (χ4v) is 8.01. The van der Waals surface area contributed by atoms with Gasteiger partial charge in [-0.3, -0.25) is 19.2 Å². The van der Waals surface area contributed by atoms with Crippen molar-refractivity contribution in [1.82, 2.24) is 4.98 Å². The van der Waals surface area contributed by atoms with Gasteiger partial charge in [-0.1, -0.05) is 59.5 Å². The molecule has 3 unspecified atom stereocenters. The molecule has 0 radical (unpaired) electrons. The molecule has 1 saturated heterocycles. The van der Waals surface area contributed by atoms with E-state index in [1.807, 2.05) is 0 Å². The van der Waals surface area contributed by atoms with Crippen molar-refractivity contribution < 1.29 is 45.5 Å². The Kier molecular flexibility index (Phi) is 7.96. The molecule has 0 bridgehead atoms. The van der Waals surface area contributed by atoms with Crippen LogP contribution in [0.15, 0.2) is 82.6 Å². The maximum atomic E-state index is 13.9. The third-order valence-corrected chi connectivity index (χ3v) is 9.77. The molecule has 1 fully saturated rings. The number of anilines is 2. The number of halogens is 6. The number of carbonyl (C=O) groups is 3. The summed E-state index contributed by atoms with van der Waals surface area (Å²) >= 11 is 1.68. The lowest BCUT2D eigenvalue weighted by Gasteiger charge is -2.30. The third-order valence-electron chi connectivity index (χ3n) is 7.37. The number of carbonyl (C=O) groups excluding carboxylic acids is 3. The molecule has 16 heteroatoms. The Morgan fingerprint density at radius 2 is 1.54 bits per heavy atom. The third kappa shape index (κ3) is 5.77. The smallest absolute Gasteiger partial charge is 0.418 e. The number of ether oxygens (including phenoxy) is 1. The van der Waals surface area contributed by atoms with E-state index in [4.69, 9.17) is 4.74 Å². The zero-order chi connectivity index (χ0) is 33.0. The molecule has 0 spiro atoms. The first kappa shape index (κ1) is 31.4. The molecule has 3 atom stereocenters. The summed E-state index contributed by atoms with van der Waals surface area (Å²) in [5.74, 6) is -4.73. The Hall–Kier alpha value is -4.57. The molecule has 2 N–H and O–H groups in total. The van der Waals surface area contributed by atoms with E-state index in [0.29, 0.717) is 20.4 Å². The van der Waals surface area contributed by atoms with Crippen molar-refractivity contribution in [1.29, 1.82) is 0 Å². The molecule has 8 nitrogen and oxygen atoms in total. The Labute approximate surface area is 263 Å². The van der Waals surface area contributed by atoms with E-state index < -0.39 is 81.1 Å². The Bertz CT molecular complexity index is 1920. The second kappa shape index (κ2) is 11.7. The number of thioether (sulfide) groups is 1. The Morgan fingerprint density at radius 3 is 2.26 bits per heavy atom. The van der Waals surface area contributed by atoms with Crippen LogP contribution >= 0.6 is 23.1 Å². The first-order chi connectivity index (χ1) is 21.7. The topological polar surface area (TPSA) is 109 Å². The van der Waals surface area contributed by atoms with Crippen LogP contribution in [-0.2, 0) is 26.7 Å². The van der Waals surface area contributed by atoms with Crippen LogP contribution in [0.4, 0.5) is 37.7 Å². The van der Waals surface area contributed by atoms with Crippen molar-refractivity contribution in [3.05, 3.63) is 104 Å². The molecule has 3 aromatic carbocycles. The molecule has 46 heavy (non-hydrogen) atoms. The van der Waals surface area contributed by atoms with Gasteiger partial charge in [0.15, 0.2) is 6.61 Å². The predicted molar refractivity (Wildman–Crippen MR) is 156 cm³/mol. The zero-order valence-corrected chi connectivity index (χ0v) is 24.6. The highest BCUT2D eigenvalue weighted by Crippen LogP contribution is 2.54. The quantitative estimate of drug-likeness (QED) is 0.183. The van der Waals surface area contributed by atoms with Gasteiger partial charge in [0, 0.05) is 10.8 Å². The van der Waals surface area contributed by atoms with Crippen LogP contribution in [0.3, 0.4) is 0 Å². The van der Waals surface area contributed by atoms with Gasteiger partial charge >= 0.3 is 17.2 Å². The molecule has 2 aliphatic rings. The second-order valence-electron chi connectivity index (χ2n) is 10.2. The number of para-hydroxylation sites is 2. The molecule has 2 aliphatic heterocycles. The van der Waals surface area contributed by atoms with Gasteiger partial charge in [-0.25, -0.2) is 4.90 Å². The number of hydrogen-bond acceptors (Lipinski definition) is 7. The van der Waals surface area contributed by atoms with Crippen LogP contribution in [0.2, 0.25) is 0 Å². The minimum absolute atomic E-state index is 0.0759. The largest absolute Gasteiger partial charge is 0.484 e. The first-order valence-corrected chi connectivity index (χ1v) is 15.1. The second-order valence-corrected chi connectivity index (χ2v) is 12.4. The Morgan fingerprint density at radius 1 is 0.870 bits per heavy atom. The van der Waals surface area contributed by atoms with Crippen LogP contribution in [0.1, 0.15) is 27.5 Å². The van der Waals surface area contributed by atoms with Crippen molar-refractivity contribution in [3.8, 4) is 5.75 Å². The molecule has 3 amide bonds. The zero-order valence-electron chi connectivity index (χ0n) is 22.9. The van der Waals surface area contributed by atoms with Gasteiger partial charge in [-0.15, -0.1) is 0 Å². The lowest BCUT2D eigenvalue weighted by atomic mass is 9.83. The van der Waals surface area contributed by atoms with E-state index in [-0.39, 0.29) is 5.75 Å². The lowest BCUT2D eigenvalue weighted by Crippen LogP contribution is -2.33. The molecule has 4 aromatic rings. The van der Waals surface area contributed by atoms with E-state index in [0.717, 1.165) is 53.4 Å². The number of nitrogens with one attached hydrogen (secondary N) is 2. The number of amides is 3. The van der Waals surface area contributed by atoms with E-state index in [1.54, 1.807) is 6.07 Å². The highest BCUT2D eigenvalue weighted by atomic mass is 32.2. The summed E-state index contributed by atoms with van der Waals surface area (Å²) in [6.07, 6.45) is -9.56. The fraction of sp³-hybridized carbons (Fsp3) is 0.200. The number of fused-ring (bicyclic) bond motifs is 2. The van der Waals surface area contributed by atoms with Gasteiger partial charge in [0.1, 0.15) is 11.0 Å². The lowest BCUT2D eigenvalue weighted by molar-refractivity contribution is -0.138. The fourth-order valence-electron chi connectivity index (χ4n) is 5.49. The van der Waals surface area contributed by atoms with E-state index in [2.05, 4.69) is 10.3 Å². The van der Waals surface area contributed by atoms with Crippen LogP contribution in [0.5, 0.6) is 5.75 Å². The molecule has 0 saturated carbocycles. The number of thiazole rings is 1. The number of benzene rings is 3. The van der Waals surface area contributed by atoms with Crippen molar-refractivity contribution in [2.24, 2.45) is 5.92 Å². The van der Waals surface area contributed by atoms with Crippen LogP contribution in [0, 0.1) is 5.92 Å². The molecule has 238 valence electrons. The van der Waals surface area contributed by atoms with Gasteiger partial charge in [-0.05, 0) is 42.0 Å². The minimum Gasteiger partial charge on any atom is -0.484 e. The number of rotatable bonds is 6. The summed E-state index contributed by atoms with van der Waals surface area (Å²) in [7, 11) is 0. The first-order valence-electron chi connectivity index (χ1n) is 13.4. The van der Waals surface area contributed by atoms with Crippen molar-refractivity contribution in [2.75, 3.05) is 16.8 Å². The van der Waals surface area contributed by atoms with Crippen LogP contribution in [-0.4, -0.2) is 34.6 Å². The van der Waals surface area contributed by atoms with Gasteiger partial charge in [-0.2, -0.15) is 26.3 Å². The molecule has 1 aromatic heterocycles. The van der Waals surface area contributed by atoms with Gasteiger partial charge in [0.05, 0.1) is 33.4 Å². The summed E-state index contributed by atoms with van der Waals surface area (Å²) in [5, 5.41) is 1.29. The molecular formula is C30H19F6N3O5S2. The van der Waals surface area contributed by atoms with E-state index in [1.165, 1.54) is 36.4 Å². The van der Waals surface area contributed by atoms with Crippen LogP contribution < -0.4 is 19.8 Å². The molecule has 3 heterocycles. The number of aromatic amines is 1. The average Bonchev–Trinajstić information content (AvgIpc) is 3.49. The minimum atomic E-state index is -4.85. The maximum absolute atomic E-state index is 13.9. The number of hydrogen-bond donors (Lipinski definition) is 2. The summed E-state index contributed by atoms with van der Waals surface area (Å²) in [4.78, 5) is 55.4. The predicted octanol–water partition coefficient (Wildman–Crippen LogP) is 6.29. The maximum Gasteiger partial charge on any atom is 0.418 e. The summed E-state index contributed by atoms with van der Waals surface area (Å²) in [6, 6.07) is 14.6. The van der Waals surface area contributed by atoms with E-state index >= 15 is 0 Å². The molecule has 0 aliphatic carbocycles. The highest BCUT2D eigenvalue weighted by molar-refractivity contribution is 8.00. The normalized spacial score (nSPS) is 19.5. The number of nitrogens with zero attached hydrogens (tertiary/aromatic N) is 1. The summed E-state index contributed by atoms with van der Waals surface area (Å²) in [6.45, 7) is -0.690. The SMILES string of the molecule is O=C(COc1cccc(C2c3sc(=O)[nH]c3SC3C(=O)N(c4ccccc4C(F)(F)F)C(=O)C32)c1)Nc1ccccc1C(F)(F)F. The number of imide groups is 1. The van der Waals surface area contributed by atoms with Crippen molar-refractivity contribution in [2.45, 2.75) is 28.5 Å². The average molecular weight is 680 g/mol. The molecular weight excluding hydrogens is 660 g/mol. The summed E-state index contributed by atoms with van der Waals surface area (Å²) < 4.78 is 87.1. The van der Waals surface area contributed by atoms with Gasteiger partial charge in [0.2, 0.25) is 11.8 Å². The van der Waals surface area contributed by atoms with Crippen LogP contribution in [0.25, 0.3) is 0 Å². The van der Waals surface area contributed by atoms with Crippen molar-refractivity contribution >= 4 is 52.2 Å². The highest BCUT2D eigenvalue weighted by Gasteiger charge is 2.57. The van der Waals surface area contributed by atoms with Crippen molar-refractivity contribution in [3.63, 3.8) is 0 Å². The monoisotopic (exact) mass is 679 g/mol. The van der Waals surface area contributed by atoms with E-state index in [9.17, 15) is 45.5 Å². The number of alkyl halides is 6. The number of aromatic nitrogens is 1. The standard InChI is InChI=1S/C30H19F6N3O5S2/c31-29(32,33)16-8-1-3-10-18(16)37-20(40)13-44-15-7-5-6-14(12-15)21-22-24(45-25-23(21)46-28(43)38-25)27(42)39(26(22)41)19-11-4-2-9-17(19)30(34,35)36/h1-12,21-22,24H,13H2,(H,37,40)(H,38,43). The van der Waals surface area contributed by atoms with Gasteiger partial charge < -0.3 is 15.0 Å². The number of H-pyrrole nitrogens is 1. The van der Waals surface area contributed by atoms with Gasteiger partial charge in [0.25, 0.3) is 5.91 Å². The molecule has 6 rings (SSSR count). The summed E-state index contributed by atoms with van der Waals surface area (Å²) in [5.41, 5.74) is -2.91. The Balaban J connectivity index is 1.30.